The Bertz CT molecular complexity index is 1080. The minimum absolute atomic E-state index is 0.00708. The third-order valence-corrected chi connectivity index (χ3v) is 7.10. The standard InChI is InChI=1S/C24H29ClFN5O3S/c1-15-11-29(8-9-31(15)23(33)18-6-4-5-7-19(18)26)21-10-20(25)27-24(28-21)35-14-22(32)30-12-16(2)34-17(3)13-30/h4-7,10,15-17H,8-9,11-14H2,1-3H3. The van der Waals surface area contributed by atoms with Gasteiger partial charge in [-0.15, -0.1) is 0 Å². The van der Waals surface area contributed by atoms with Crippen molar-refractivity contribution < 1.29 is 18.7 Å². The lowest BCUT2D eigenvalue weighted by Gasteiger charge is -2.40. The molecule has 3 unspecified atom stereocenters. The van der Waals surface area contributed by atoms with Crippen LogP contribution >= 0.6 is 23.4 Å². The quantitative estimate of drug-likeness (QED) is 0.339. The number of nitrogens with zero attached hydrogens (tertiary/aromatic N) is 5. The number of anilines is 1. The number of morpholine rings is 1. The lowest BCUT2D eigenvalue weighted by atomic mass is 10.1. The Labute approximate surface area is 213 Å². The van der Waals surface area contributed by atoms with Gasteiger partial charge in [0.1, 0.15) is 16.8 Å². The zero-order valence-electron chi connectivity index (χ0n) is 20.0. The van der Waals surface area contributed by atoms with Gasteiger partial charge in [0.2, 0.25) is 5.91 Å². The first-order valence-electron chi connectivity index (χ1n) is 11.6. The van der Waals surface area contributed by atoms with Crippen LogP contribution < -0.4 is 4.90 Å². The van der Waals surface area contributed by atoms with Gasteiger partial charge in [0, 0.05) is 44.8 Å². The maximum absolute atomic E-state index is 14.1. The zero-order chi connectivity index (χ0) is 25.1. The minimum Gasteiger partial charge on any atom is -0.372 e. The van der Waals surface area contributed by atoms with Gasteiger partial charge in [-0.05, 0) is 32.9 Å². The van der Waals surface area contributed by atoms with Crippen LogP contribution in [-0.2, 0) is 9.53 Å². The maximum atomic E-state index is 14.1. The van der Waals surface area contributed by atoms with Gasteiger partial charge >= 0.3 is 0 Å². The molecule has 1 aromatic heterocycles. The highest BCUT2D eigenvalue weighted by Crippen LogP contribution is 2.25. The van der Waals surface area contributed by atoms with Gasteiger partial charge in [-0.3, -0.25) is 9.59 Å². The summed E-state index contributed by atoms with van der Waals surface area (Å²) in [6.07, 6.45) is 0.0142. The van der Waals surface area contributed by atoms with E-state index < -0.39 is 5.82 Å². The molecule has 2 aromatic rings. The number of hydrogen-bond acceptors (Lipinski definition) is 7. The molecule has 0 radical (unpaired) electrons. The molecule has 0 bridgehead atoms. The first kappa shape index (κ1) is 25.7. The van der Waals surface area contributed by atoms with E-state index in [1.54, 1.807) is 23.1 Å². The summed E-state index contributed by atoms with van der Waals surface area (Å²) in [6, 6.07) is 7.54. The van der Waals surface area contributed by atoms with Crippen LogP contribution in [0.4, 0.5) is 10.2 Å². The second-order valence-corrected chi connectivity index (χ2v) is 10.3. The minimum atomic E-state index is -0.521. The van der Waals surface area contributed by atoms with Gasteiger partial charge in [0.15, 0.2) is 5.16 Å². The Morgan fingerprint density at radius 2 is 1.83 bits per heavy atom. The number of halogens is 2. The van der Waals surface area contributed by atoms with Gasteiger partial charge in [0.05, 0.1) is 23.5 Å². The molecule has 2 aliphatic rings. The van der Waals surface area contributed by atoms with E-state index in [4.69, 9.17) is 16.3 Å². The number of benzene rings is 1. The Morgan fingerprint density at radius 1 is 1.11 bits per heavy atom. The Hall–Kier alpha value is -2.43. The van der Waals surface area contributed by atoms with Crippen LogP contribution in [-0.4, -0.2) is 88.3 Å². The van der Waals surface area contributed by atoms with Crippen LogP contribution in [0, 0.1) is 5.82 Å². The molecule has 2 aliphatic heterocycles. The number of amides is 2. The predicted molar refractivity (Wildman–Crippen MR) is 133 cm³/mol. The average molecular weight is 522 g/mol. The van der Waals surface area contributed by atoms with Crippen LogP contribution in [0.15, 0.2) is 35.5 Å². The van der Waals surface area contributed by atoms with Crippen LogP contribution in [0.2, 0.25) is 5.15 Å². The Kier molecular flexibility index (Phi) is 8.13. The normalized spacial score (nSPS) is 22.9. The van der Waals surface area contributed by atoms with Crippen molar-refractivity contribution in [2.45, 2.75) is 44.2 Å². The third-order valence-electron chi connectivity index (χ3n) is 6.07. The van der Waals surface area contributed by atoms with Crippen molar-refractivity contribution >= 4 is 41.0 Å². The van der Waals surface area contributed by atoms with Crippen molar-refractivity contribution in [1.29, 1.82) is 0 Å². The first-order chi connectivity index (χ1) is 16.7. The van der Waals surface area contributed by atoms with Crippen LogP contribution in [0.3, 0.4) is 0 Å². The van der Waals surface area contributed by atoms with Gasteiger partial charge in [-0.25, -0.2) is 14.4 Å². The molecular formula is C24H29ClFN5O3S. The molecule has 3 atom stereocenters. The molecule has 3 heterocycles. The number of hydrogen-bond donors (Lipinski definition) is 0. The topological polar surface area (TPSA) is 78.9 Å². The van der Waals surface area contributed by atoms with E-state index in [2.05, 4.69) is 9.97 Å². The fraction of sp³-hybridized carbons (Fsp3) is 0.500. The Morgan fingerprint density at radius 3 is 2.51 bits per heavy atom. The van der Waals surface area contributed by atoms with E-state index >= 15 is 0 Å². The van der Waals surface area contributed by atoms with E-state index in [1.165, 1.54) is 23.9 Å². The molecule has 0 N–H and O–H groups in total. The van der Waals surface area contributed by atoms with Crippen molar-refractivity contribution in [3.8, 4) is 0 Å². The van der Waals surface area contributed by atoms with Crippen molar-refractivity contribution in [3.05, 3.63) is 46.9 Å². The number of carbonyl (C=O) groups is 2. The van der Waals surface area contributed by atoms with Crippen molar-refractivity contribution in [2.24, 2.45) is 0 Å². The number of aromatic nitrogens is 2. The molecule has 188 valence electrons. The third kappa shape index (κ3) is 6.23. The Balaban J connectivity index is 1.39. The maximum Gasteiger partial charge on any atom is 0.257 e. The molecule has 35 heavy (non-hydrogen) atoms. The second-order valence-electron chi connectivity index (χ2n) is 8.95. The largest absolute Gasteiger partial charge is 0.372 e. The smallest absolute Gasteiger partial charge is 0.257 e. The van der Waals surface area contributed by atoms with Crippen LogP contribution in [0.1, 0.15) is 31.1 Å². The van der Waals surface area contributed by atoms with Crippen molar-refractivity contribution in [2.75, 3.05) is 43.4 Å². The van der Waals surface area contributed by atoms with Gasteiger partial charge in [-0.1, -0.05) is 35.5 Å². The number of rotatable bonds is 5. The molecular weight excluding hydrogens is 493 g/mol. The van der Waals surface area contributed by atoms with Crippen LogP contribution in [0.5, 0.6) is 0 Å². The highest BCUT2D eigenvalue weighted by molar-refractivity contribution is 7.99. The molecule has 11 heteroatoms. The molecule has 2 amide bonds. The zero-order valence-corrected chi connectivity index (χ0v) is 21.6. The summed E-state index contributed by atoms with van der Waals surface area (Å²) in [5.74, 6) is 0.0133. The lowest BCUT2D eigenvalue weighted by molar-refractivity contribution is -0.140. The number of ether oxygens (including phenoxy) is 1. The molecule has 0 aliphatic carbocycles. The summed E-state index contributed by atoms with van der Waals surface area (Å²) in [7, 11) is 0. The van der Waals surface area contributed by atoms with Crippen molar-refractivity contribution in [3.63, 3.8) is 0 Å². The molecule has 0 spiro atoms. The van der Waals surface area contributed by atoms with E-state index in [0.717, 1.165) is 0 Å². The second kappa shape index (κ2) is 11.1. The SMILES string of the molecule is CC1CN(C(=O)CSc2nc(Cl)cc(N3CCN(C(=O)c4ccccc4F)C(C)C3)n2)CC(C)O1. The number of piperazine rings is 1. The average Bonchev–Trinajstić information content (AvgIpc) is 2.81. The van der Waals surface area contributed by atoms with E-state index in [1.807, 2.05) is 30.6 Å². The fourth-order valence-corrected chi connectivity index (χ4v) is 5.45. The van der Waals surface area contributed by atoms with E-state index in [0.29, 0.717) is 43.7 Å². The predicted octanol–water partition coefficient (Wildman–Crippen LogP) is 3.35. The van der Waals surface area contributed by atoms with E-state index in [-0.39, 0.29) is 46.5 Å². The van der Waals surface area contributed by atoms with Gasteiger partial charge in [-0.2, -0.15) is 0 Å². The van der Waals surface area contributed by atoms with Crippen molar-refractivity contribution in [1.82, 2.24) is 19.8 Å². The molecule has 2 fully saturated rings. The number of thioether (sulfide) groups is 1. The molecule has 1 aromatic carbocycles. The van der Waals surface area contributed by atoms with Gasteiger partial charge in [0.25, 0.3) is 5.91 Å². The molecule has 0 saturated carbocycles. The highest BCUT2D eigenvalue weighted by Gasteiger charge is 2.30. The number of carbonyl (C=O) groups excluding carboxylic acids is 2. The molecule has 2 saturated heterocycles. The molecule has 8 nitrogen and oxygen atoms in total. The summed E-state index contributed by atoms with van der Waals surface area (Å²) < 4.78 is 19.8. The first-order valence-corrected chi connectivity index (χ1v) is 13.0. The highest BCUT2D eigenvalue weighted by atomic mass is 35.5. The summed E-state index contributed by atoms with van der Waals surface area (Å²) in [6.45, 7) is 8.43. The summed E-state index contributed by atoms with van der Waals surface area (Å²) in [5, 5.41) is 0.712. The van der Waals surface area contributed by atoms with Crippen LogP contribution in [0.25, 0.3) is 0 Å². The summed E-state index contributed by atoms with van der Waals surface area (Å²) in [4.78, 5) is 40.0. The molecule has 4 rings (SSSR count). The lowest BCUT2D eigenvalue weighted by Crippen LogP contribution is -2.54. The van der Waals surface area contributed by atoms with E-state index in [9.17, 15) is 14.0 Å². The summed E-state index contributed by atoms with van der Waals surface area (Å²) >= 11 is 7.53. The van der Waals surface area contributed by atoms with Gasteiger partial charge < -0.3 is 19.4 Å². The summed E-state index contributed by atoms with van der Waals surface area (Å²) in [5.41, 5.74) is 0.0743. The fourth-order valence-electron chi connectivity index (χ4n) is 4.47. The monoisotopic (exact) mass is 521 g/mol.